The Hall–Kier alpha value is -1.88. The number of amides is 2. The lowest BCUT2D eigenvalue weighted by atomic mass is 10.0. The lowest BCUT2D eigenvalue weighted by molar-refractivity contribution is -0.134. The Morgan fingerprint density at radius 3 is 2.67 bits per heavy atom. The Kier molecular flexibility index (Phi) is 6.37. The van der Waals surface area contributed by atoms with Crippen LogP contribution in [0.15, 0.2) is 30.3 Å². The van der Waals surface area contributed by atoms with Gasteiger partial charge in [-0.15, -0.1) is 0 Å². The minimum atomic E-state index is -0.364. The summed E-state index contributed by atoms with van der Waals surface area (Å²) in [5, 5.41) is 5.82. The van der Waals surface area contributed by atoms with Crippen molar-refractivity contribution in [1.82, 2.24) is 15.5 Å². The Labute approximate surface area is 144 Å². The predicted octanol–water partition coefficient (Wildman–Crippen LogP) is 1.72. The molecule has 1 aliphatic rings. The van der Waals surface area contributed by atoms with Gasteiger partial charge in [0.15, 0.2) is 0 Å². The van der Waals surface area contributed by atoms with Crippen LogP contribution in [0.1, 0.15) is 39.2 Å². The number of rotatable bonds is 6. The van der Waals surface area contributed by atoms with Crippen LogP contribution in [0.25, 0.3) is 0 Å². The Morgan fingerprint density at radius 1 is 1.29 bits per heavy atom. The summed E-state index contributed by atoms with van der Waals surface area (Å²) in [6, 6.07) is 9.99. The van der Waals surface area contributed by atoms with Crippen LogP contribution in [0, 0.1) is 0 Å². The molecule has 0 saturated carbocycles. The van der Waals surface area contributed by atoms with Crippen LogP contribution in [0.4, 0.5) is 0 Å². The minimum Gasteiger partial charge on any atom is -0.353 e. The number of benzene rings is 1. The fourth-order valence-electron chi connectivity index (χ4n) is 3.03. The molecule has 1 aliphatic heterocycles. The number of nitrogens with one attached hydrogen (secondary N) is 2. The maximum Gasteiger partial charge on any atom is 0.237 e. The molecule has 24 heavy (non-hydrogen) atoms. The van der Waals surface area contributed by atoms with E-state index in [4.69, 9.17) is 0 Å². The molecule has 1 heterocycles. The molecule has 1 fully saturated rings. The Bertz CT molecular complexity index is 551. The van der Waals surface area contributed by atoms with Crippen molar-refractivity contribution in [3.63, 3.8) is 0 Å². The van der Waals surface area contributed by atoms with E-state index in [1.807, 2.05) is 39.0 Å². The standard InChI is InChI=1S/C19H29N3O2/c1-19(2,3)21-17(23)14-16-18(24)20-11-13-22(16)12-7-10-15-8-5-4-6-9-15/h4-6,8-9,16H,7,10-14H2,1-3H3,(H,20,24)(H,21,23)/t16-/m0/s1. The summed E-state index contributed by atoms with van der Waals surface area (Å²) in [6.07, 6.45) is 2.18. The van der Waals surface area contributed by atoms with E-state index in [-0.39, 0.29) is 29.8 Å². The van der Waals surface area contributed by atoms with E-state index in [2.05, 4.69) is 27.7 Å². The Balaban J connectivity index is 1.88. The van der Waals surface area contributed by atoms with Gasteiger partial charge in [0.25, 0.3) is 0 Å². The third-order valence-electron chi connectivity index (χ3n) is 4.09. The maximum absolute atomic E-state index is 12.2. The second-order valence-electron chi connectivity index (χ2n) is 7.43. The SMILES string of the molecule is CC(C)(C)NC(=O)C[C@H]1C(=O)NCCN1CCCc1ccccc1. The van der Waals surface area contributed by atoms with E-state index in [1.165, 1.54) is 5.56 Å². The molecule has 1 aromatic rings. The van der Waals surface area contributed by atoms with Crippen LogP contribution < -0.4 is 10.6 Å². The first-order chi connectivity index (χ1) is 11.3. The fraction of sp³-hybridized carbons (Fsp3) is 0.579. The molecule has 1 aromatic carbocycles. The summed E-state index contributed by atoms with van der Waals surface area (Å²) in [7, 11) is 0. The quantitative estimate of drug-likeness (QED) is 0.834. The van der Waals surface area contributed by atoms with Crippen molar-refractivity contribution < 1.29 is 9.59 Å². The predicted molar refractivity (Wildman–Crippen MR) is 95.6 cm³/mol. The van der Waals surface area contributed by atoms with E-state index in [0.717, 1.165) is 25.9 Å². The summed E-state index contributed by atoms with van der Waals surface area (Å²) in [5.41, 5.74) is 1.03. The van der Waals surface area contributed by atoms with E-state index in [0.29, 0.717) is 6.54 Å². The average molecular weight is 331 g/mol. The van der Waals surface area contributed by atoms with E-state index >= 15 is 0 Å². The van der Waals surface area contributed by atoms with Gasteiger partial charge in [0.05, 0.1) is 12.5 Å². The van der Waals surface area contributed by atoms with Crippen LogP contribution in [-0.2, 0) is 16.0 Å². The number of carbonyl (C=O) groups excluding carboxylic acids is 2. The van der Waals surface area contributed by atoms with Crippen molar-refractivity contribution in [2.75, 3.05) is 19.6 Å². The van der Waals surface area contributed by atoms with Crippen molar-refractivity contribution in [2.24, 2.45) is 0 Å². The van der Waals surface area contributed by atoms with Crippen molar-refractivity contribution >= 4 is 11.8 Å². The smallest absolute Gasteiger partial charge is 0.237 e. The second-order valence-corrected chi connectivity index (χ2v) is 7.43. The molecule has 0 bridgehead atoms. The lowest BCUT2D eigenvalue weighted by Crippen LogP contribution is -2.57. The maximum atomic E-state index is 12.2. The molecule has 0 spiro atoms. The van der Waals surface area contributed by atoms with Gasteiger partial charge in [0.2, 0.25) is 11.8 Å². The van der Waals surface area contributed by atoms with Gasteiger partial charge >= 0.3 is 0 Å². The first kappa shape index (κ1) is 18.5. The third kappa shape index (κ3) is 5.96. The van der Waals surface area contributed by atoms with Crippen molar-refractivity contribution in [1.29, 1.82) is 0 Å². The molecule has 132 valence electrons. The first-order valence-corrected chi connectivity index (χ1v) is 8.72. The van der Waals surface area contributed by atoms with Gasteiger partial charge in [-0.2, -0.15) is 0 Å². The number of piperazine rings is 1. The molecule has 1 saturated heterocycles. The van der Waals surface area contributed by atoms with Crippen LogP contribution in [0.5, 0.6) is 0 Å². The molecule has 0 unspecified atom stereocenters. The molecule has 2 N–H and O–H groups in total. The second kappa shape index (κ2) is 8.29. The van der Waals surface area contributed by atoms with Crippen molar-refractivity contribution in [3.05, 3.63) is 35.9 Å². The average Bonchev–Trinajstić information content (AvgIpc) is 2.50. The molecular weight excluding hydrogens is 302 g/mol. The van der Waals surface area contributed by atoms with Gasteiger partial charge in [-0.1, -0.05) is 30.3 Å². The normalized spacial score (nSPS) is 19.0. The number of aryl methyl sites for hydroxylation is 1. The largest absolute Gasteiger partial charge is 0.353 e. The van der Waals surface area contributed by atoms with Crippen LogP contribution >= 0.6 is 0 Å². The summed E-state index contributed by atoms with van der Waals surface area (Å²) < 4.78 is 0. The monoisotopic (exact) mass is 331 g/mol. The highest BCUT2D eigenvalue weighted by Crippen LogP contribution is 2.12. The number of carbonyl (C=O) groups is 2. The van der Waals surface area contributed by atoms with Crippen molar-refractivity contribution in [2.45, 2.75) is 51.6 Å². The van der Waals surface area contributed by atoms with Gasteiger partial charge in [-0.3, -0.25) is 14.5 Å². The van der Waals surface area contributed by atoms with E-state index in [1.54, 1.807) is 0 Å². The third-order valence-corrected chi connectivity index (χ3v) is 4.09. The highest BCUT2D eigenvalue weighted by atomic mass is 16.2. The summed E-state index contributed by atoms with van der Waals surface area (Å²) >= 11 is 0. The highest BCUT2D eigenvalue weighted by molar-refractivity contribution is 5.89. The van der Waals surface area contributed by atoms with E-state index < -0.39 is 0 Å². The van der Waals surface area contributed by atoms with Gasteiger partial charge < -0.3 is 10.6 Å². The molecule has 2 amide bonds. The van der Waals surface area contributed by atoms with Gasteiger partial charge in [-0.05, 0) is 45.7 Å². The lowest BCUT2D eigenvalue weighted by Gasteiger charge is -2.35. The number of nitrogens with zero attached hydrogens (tertiary/aromatic N) is 1. The first-order valence-electron chi connectivity index (χ1n) is 8.72. The van der Waals surface area contributed by atoms with Crippen molar-refractivity contribution in [3.8, 4) is 0 Å². The molecule has 0 radical (unpaired) electrons. The van der Waals surface area contributed by atoms with Gasteiger partial charge in [-0.25, -0.2) is 0 Å². The molecular formula is C19H29N3O2. The molecule has 1 atom stereocenters. The number of hydrogen-bond donors (Lipinski definition) is 2. The number of hydrogen-bond acceptors (Lipinski definition) is 3. The highest BCUT2D eigenvalue weighted by Gasteiger charge is 2.31. The zero-order chi connectivity index (χ0) is 17.6. The summed E-state index contributed by atoms with van der Waals surface area (Å²) in [5.74, 6) is -0.109. The molecule has 2 rings (SSSR count). The van der Waals surface area contributed by atoms with Crippen LogP contribution in [-0.4, -0.2) is 47.9 Å². The van der Waals surface area contributed by atoms with Gasteiger partial charge in [0, 0.05) is 18.6 Å². The van der Waals surface area contributed by atoms with Crippen LogP contribution in [0.3, 0.4) is 0 Å². The minimum absolute atomic E-state index is 0.0370. The Morgan fingerprint density at radius 2 is 2.00 bits per heavy atom. The van der Waals surface area contributed by atoms with Gasteiger partial charge in [0.1, 0.15) is 0 Å². The summed E-state index contributed by atoms with van der Waals surface area (Å²) in [6.45, 7) is 8.13. The zero-order valence-corrected chi connectivity index (χ0v) is 15.0. The fourth-order valence-corrected chi connectivity index (χ4v) is 3.03. The summed E-state index contributed by atoms with van der Waals surface area (Å²) in [4.78, 5) is 26.5. The topological polar surface area (TPSA) is 61.4 Å². The molecule has 5 heteroatoms. The molecule has 5 nitrogen and oxygen atoms in total. The molecule has 0 aromatic heterocycles. The zero-order valence-electron chi connectivity index (χ0n) is 15.0. The van der Waals surface area contributed by atoms with Crippen LogP contribution in [0.2, 0.25) is 0 Å². The molecule has 0 aliphatic carbocycles. The van der Waals surface area contributed by atoms with E-state index in [9.17, 15) is 9.59 Å².